The van der Waals surface area contributed by atoms with E-state index in [1.165, 1.54) is 0 Å². The second-order valence-electron chi connectivity index (χ2n) is 6.13. The quantitative estimate of drug-likeness (QED) is 0.777. The van der Waals surface area contributed by atoms with Crippen molar-refractivity contribution in [3.05, 3.63) is 44.5 Å². The molecule has 8 heteroatoms. The van der Waals surface area contributed by atoms with E-state index in [0.717, 1.165) is 59.0 Å². The van der Waals surface area contributed by atoms with E-state index >= 15 is 0 Å². The van der Waals surface area contributed by atoms with Crippen LogP contribution in [0.25, 0.3) is 0 Å². The molecule has 1 saturated heterocycles. The Morgan fingerprint density at radius 1 is 1.33 bits per heavy atom. The Morgan fingerprint density at radius 3 is 3.00 bits per heavy atom. The van der Waals surface area contributed by atoms with E-state index < -0.39 is 0 Å². The molecule has 0 amide bonds. The highest BCUT2D eigenvalue weighted by Crippen LogP contribution is 2.24. The lowest BCUT2D eigenvalue weighted by molar-refractivity contribution is 0.478. The van der Waals surface area contributed by atoms with E-state index in [0.29, 0.717) is 6.54 Å². The first-order chi connectivity index (χ1) is 11.7. The van der Waals surface area contributed by atoms with Gasteiger partial charge in [-0.25, -0.2) is 14.6 Å². The van der Waals surface area contributed by atoms with Crippen LogP contribution in [-0.2, 0) is 18.7 Å². The molecule has 1 atom stereocenters. The van der Waals surface area contributed by atoms with Crippen molar-refractivity contribution in [1.29, 1.82) is 0 Å². The van der Waals surface area contributed by atoms with Gasteiger partial charge >= 0.3 is 0 Å². The zero-order valence-corrected chi connectivity index (χ0v) is 15.6. The predicted octanol–water partition coefficient (Wildman–Crippen LogP) is 2.25. The molecule has 2 aromatic heterocycles. The summed E-state index contributed by atoms with van der Waals surface area (Å²) >= 11 is 5.23. The van der Waals surface area contributed by atoms with Crippen molar-refractivity contribution in [2.75, 3.05) is 17.2 Å². The Labute approximate surface area is 152 Å². The molecule has 0 aliphatic carbocycles. The summed E-state index contributed by atoms with van der Waals surface area (Å²) in [5.41, 5.74) is 2.18. The minimum absolute atomic E-state index is 0.000163. The van der Waals surface area contributed by atoms with Gasteiger partial charge in [0.2, 0.25) is 5.95 Å². The van der Waals surface area contributed by atoms with E-state index in [2.05, 4.69) is 35.9 Å². The monoisotopic (exact) mass is 407 g/mol. The number of aryl methyl sites for hydroxylation is 1. The summed E-state index contributed by atoms with van der Waals surface area (Å²) in [6.07, 6.45) is 6.59. The number of aromatic nitrogens is 4. The molecule has 0 aromatic carbocycles. The molecule has 126 valence electrons. The maximum Gasteiger partial charge on any atom is 0.267 e. The molecule has 2 aliphatic rings. The molecule has 1 fully saturated rings. The third-order valence-electron chi connectivity index (χ3n) is 4.53. The Morgan fingerprint density at radius 2 is 2.17 bits per heavy atom. The lowest BCUT2D eigenvalue weighted by Crippen LogP contribution is -2.38. The van der Waals surface area contributed by atoms with Gasteiger partial charge < -0.3 is 4.90 Å². The van der Waals surface area contributed by atoms with Gasteiger partial charge in [0, 0.05) is 37.2 Å². The molecular weight excluding hydrogens is 390 g/mol. The molecule has 1 unspecified atom stereocenters. The fraction of sp³-hybridized carbons (Fsp3) is 0.500. The molecule has 0 bridgehead atoms. The van der Waals surface area contributed by atoms with Crippen molar-refractivity contribution in [2.45, 2.75) is 37.6 Å². The van der Waals surface area contributed by atoms with Crippen LogP contribution in [0, 0.1) is 0 Å². The topological polar surface area (TPSA) is 63.9 Å². The Balaban J connectivity index is 1.58. The normalized spacial score (nSPS) is 20.2. The average molecular weight is 408 g/mol. The number of nitrogens with zero attached hydrogens (tertiary/aromatic N) is 5. The lowest BCUT2D eigenvalue weighted by atomic mass is 10.2. The summed E-state index contributed by atoms with van der Waals surface area (Å²) in [4.78, 5) is 23.4. The molecule has 4 heterocycles. The molecule has 24 heavy (non-hydrogen) atoms. The molecular formula is C16H18BrN5OS. The molecule has 4 rings (SSSR count). The van der Waals surface area contributed by atoms with E-state index in [1.807, 2.05) is 11.8 Å². The van der Waals surface area contributed by atoms with Gasteiger partial charge in [0.1, 0.15) is 0 Å². The number of fused-ring (bicyclic) bond motifs is 1. The SMILES string of the molecule is O=c1cc2c(nn1CC1CCCN1c1ncc(Br)cn1)CCSC2. The van der Waals surface area contributed by atoms with Gasteiger partial charge in [-0.15, -0.1) is 0 Å². The van der Waals surface area contributed by atoms with Crippen LogP contribution in [0.15, 0.2) is 27.7 Å². The molecule has 0 spiro atoms. The number of halogens is 1. The molecule has 2 aromatic rings. The Kier molecular flexibility index (Phi) is 4.58. The smallest absolute Gasteiger partial charge is 0.267 e. The third-order valence-corrected chi connectivity index (χ3v) is 5.95. The number of rotatable bonds is 3. The maximum absolute atomic E-state index is 12.4. The van der Waals surface area contributed by atoms with Crippen LogP contribution >= 0.6 is 27.7 Å². The third kappa shape index (κ3) is 3.21. The molecule has 0 N–H and O–H groups in total. The van der Waals surface area contributed by atoms with E-state index in [9.17, 15) is 4.79 Å². The zero-order chi connectivity index (χ0) is 16.5. The summed E-state index contributed by atoms with van der Waals surface area (Å²) in [7, 11) is 0. The van der Waals surface area contributed by atoms with Crippen molar-refractivity contribution in [1.82, 2.24) is 19.7 Å². The van der Waals surface area contributed by atoms with Crippen molar-refractivity contribution < 1.29 is 0 Å². The Bertz CT molecular complexity index is 794. The first kappa shape index (κ1) is 16.1. The summed E-state index contributed by atoms with van der Waals surface area (Å²) in [5, 5.41) is 4.63. The van der Waals surface area contributed by atoms with E-state index in [-0.39, 0.29) is 11.6 Å². The minimum atomic E-state index is -0.000163. The van der Waals surface area contributed by atoms with Crippen LogP contribution in [0.3, 0.4) is 0 Å². The molecule has 2 aliphatic heterocycles. The highest BCUT2D eigenvalue weighted by molar-refractivity contribution is 9.10. The molecule has 0 saturated carbocycles. The first-order valence-corrected chi connectivity index (χ1v) is 10.1. The summed E-state index contributed by atoms with van der Waals surface area (Å²) in [6.45, 7) is 1.52. The van der Waals surface area contributed by atoms with Gasteiger partial charge in [-0.05, 0) is 40.1 Å². The van der Waals surface area contributed by atoms with Crippen LogP contribution in [0.4, 0.5) is 5.95 Å². The summed E-state index contributed by atoms with van der Waals surface area (Å²) in [5.74, 6) is 2.71. The van der Waals surface area contributed by atoms with Crippen molar-refractivity contribution >= 4 is 33.6 Å². The minimum Gasteiger partial charge on any atom is -0.336 e. The van der Waals surface area contributed by atoms with Gasteiger partial charge in [0.05, 0.1) is 22.8 Å². The fourth-order valence-electron chi connectivity index (χ4n) is 3.33. The van der Waals surface area contributed by atoms with Crippen LogP contribution in [-0.4, -0.2) is 38.1 Å². The van der Waals surface area contributed by atoms with Crippen molar-refractivity contribution in [3.8, 4) is 0 Å². The second kappa shape index (κ2) is 6.84. The van der Waals surface area contributed by atoms with Crippen molar-refractivity contribution in [2.24, 2.45) is 0 Å². The van der Waals surface area contributed by atoms with Crippen LogP contribution in [0.5, 0.6) is 0 Å². The predicted molar refractivity (Wildman–Crippen MR) is 98.5 cm³/mol. The van der Waals surface area contributed by atoms with Gasteiger partial charge in [0.15, 0.2) is 0 Å². The first-order valence-electron chi connectivity index (χ1n) is 8.12. The number of anilines is 1. The zero-order valence-electron chi connectivity index (χ0n) is 13.2. The highest BCUT2D eigenvalue weighted by Gasteiger charge is 2.28. The number of thioether (sulfide) groups is 1. The largest absolute Gasteiger partial charge is 0.336 e. The number of hydrogen-bond acceptors (Lipinski definition) is 6. The van der Waals surface area contributed by atoms with Gasteiger partial charge in [-0.1, -0.05) is 0 Å². The Hall–Kier alpha value is -1.41. The second-order valence-corrected chi connectivity index (χ2v) is 8.15. The van der Waals surface area contributed by atoms with Crippen LogP contribution < -0.4 is 10.5 Å². The average Bonchev–Trinajstić information content (AvgIpc) is 3.04. The van der Waals surface area contributed by atoms with Gasteiger partial charge in [0.25, 0.3) is 5.56 Å². The standard InChI is InChI=1S/C16H18BrN5OS/c17-12-7-18-16(19-8-12)21-4-1-2-13(21)9-22-15(23)6-11-10-24-5-3-14(11)20-22/h6-8,13H,1-5,9-10H2. The van der Waals surface area contributed by atoms with Crippen LogP contribution in [0.1, 0.15) is 24.1 Å². The summed E-state index contributed by atoms with van der Waals surface area (Å²) in [6, 6.07) is 1.98. The maximum atomic E-state index is 12.4. The van der Waals surface area contributed by atoms with Gasteiger partial charge in [-0.3, -0.25) is 4.79 Å². The lowest BCUT2D eigenvalue weighted by Gasteiger charge is -2.25. The van der Waals surface area contributed by atoms with Crippen LogP contribution in [0.2, 0.25) is 0 Å². The summed E-state index contributed by atoms with van der Waals surface area (Å²) < 4.78 is 2.50. The van der Waals surface area contributed by atoms with E-state index in [1.54, 1.807) is 23.1 Å². The van der Waals surface area contributed by atoms with E-state index in [4.69, 9.17) is 0 Å². The number of hydrogen-bond donors (Lipinski definition) is 0. The highest BCUT2D eigenvalue weighted by atomic mass is 79.9. The van der Waals surface area contributed by atoms with Crippen molar-refractivity contribution in [3.63, 3.8) is 0 Å². The molecule has 0 radical (unpaired) electrons. The molecule has 6 nitrogen and oxygen atoms in total. The fourth-order valence-corrected chi connectivity index (χ4v) is 4.48. The van der Waals surface area contributed by atoms with Gasteiger partial charge in [-0.2, -0.15) is 16.9 Å².